The maximum atomic E-state index is 11.9. The van der Waals surface area contributed by atoms with Crippen LogP contribution >= 0.6 is 23.8 Å². The van der Waals surface area contributed by atoms with Gasteiger partial charge in [-0.15, -0.1) is 0 Å². The molecule has 134 valence electrons. The number of carbonyl (C=O) groups excluding carboxylic acids is 2. The van der Waals surface area contributed by atoms with Gasteiger partial charge in [0.05, 0.1) is 0 Å². The van der Waals surface area contributed by atoms with Crippen molar-refractivity contribution < 1.29 is 9.59 Å². The average molecular weight is 388 g/mol. The van der Waals surface area contributed by atoms with Crippen molar-refractivity contribution in [2.24, 2.45) is 0 Å². The third kappa shape index (κ3) is 5.68. The summed E-state index contributed by atoms with van der Waals surface area (Å²) in [6, 6.07) is 14.3. The van der Waals surface area contributed by atoms with Crippen molar-refractivity contribution in [1.29, 1.82) is 0 Å². The summed E-state index contributed by atoms with van der Waals surface area (Å²) in [4.78, 5) is 24.8. The van der Waals surface area contributed by atoms with Crippen LogP contribution in [0, 0.1) is 0 Å². The van der Waals surface area contributed by atoms with Crippen molar-refractivity contribution in [3.05, 3.63) is 65.2 Å². The van der Waals surface area contributed by atoms with E-state index < -0.39 is 0 Å². The summed E-state index contributed by atoms with van der Waals surface area (Å²) < 4.78 is 0. The molecule has 0 atom stereocenters. The van der Waals surface area contributed by atoms with Gasteiger partial charge in [0.25, 0.3) is 0 Å². The predicted octanol–water partition coefficient (Wildman–Crippen LogP) is 3.85. The zero-order valence-electron chi connectivity index (χ0n) is 14.3. The van der Waals surface area contributed by atoms with E-state index >= 15 is 0 Å². The zero-order chi connectivity index (χ0) is 19.1. The minimum Gasteiger partial charge on any atom is -0.332 e. The molecule has 2 aromatic carbocycles. The largest absolute Gasteiger partial charge is 0.332 e. The summed E-state index contributed by atoms with van der Waals surface area (Å²) >= 11 is 11.2. The van der Waals surface area contributed by atoms with Gasteiger partial charge in [0.1, 0.15) is 0 Å². The highest BCUT2D eigenvalue weighted by Crippen LogP contribution is 2.17. The van der Waals surface area contributed by atoms with Crippen molar-refractivity contribution in [1.82, 2.24) is 5.32 Å². The summed E-state index contributed by atoms with van der Waals surface area (Å²) in [6.07, 6.45) is 2.98. The molecule has 0 heterocycles. The van der Waals surface area contributed by atoms with Gasteiger partial charge < -0.3 is 10.2 Å². The molecule has 0 fully saturated rings. The van der Waals surface area contributed by atoms with E-state index in [0.29, 0.717) is 10.7 Å². The molecule has 2 N–H and O–H groups in total. The second-order valence-corrected chi connectivity index (χ2v) is 6.24. The van der Waals surface area contributed by atoms with Gasteiger partial charge in [-0.1, -0.05) is 29.8 Å². The first-order valence-electron chi connectivity index (χ1n) is 7.76. The van der Waals surface area contributed by atoms with Gasteiger partial charge in [0.2, 0.25) is 11.8 Å². The summed E-state index contributed by atoms with van der Waals surface area (Å²) in [5.41, 5.74) is 2.21. The molecule has 0 bridgehead atoms. The Hall–Kier alpha value is -2.70. The van der Waals surface area contributed by atoms with Crippen LogP contribution in [0.1, 0.15) is 12.5 Å². The molecule has 5 nitrogen and oxygen atoms in total. The van der Waals surface area contributed by atoms with Gasteiger partial charge in [0.15, 0.2) is 5.11 Å². The Morgan fingerprint density at radius 1 is 1.12 bits per heavy atom. The molecule has 0 radical (unpaired) electrons. The second-order valence-electron chi connectivity index (χ2n) is 5.42. The Bertz CT molecular complexity index is 850. The lowest BCUT2D eigenvalue weighted by molar-refractivity contribution is -0.116. The average Bonchev–Trinajstić information content (AvgIpc) is 2.61. The highest BCUT2D eigenvalue weighted by molar-refractivity contribution is 7.80. The van der Waals surface area contributed by atoms with Gasteiger partial charge in [-0.3, -0.25) is 14.9 Å². The molecular formula is C19H18ClN3O2S. The number of nitrogens with one attached hydrogen (secondary N) is 2. The summed E-state index contributed by atoms with van der Waals surface area (Å²) in [6.45, 7) is 1.49. The maximum Gasteiger partial charge on any atom is 0.250 e. The van der Waals surface area contributed by atoms with Crippen LogP contribution in [-0.2, 0) is 9.59 Å². The number of thiocarbonyl (C=S) groups is 1. The van der Waals surface area contributed by atoms with Crippen LogP contribution in [0.5, 0.6) is 0 Å². The number of hydrogen-bond acceptors (Lipinski definition) is 3. The maximum absolute atomic E-state index is 11.9. The topological polar surface area (TPSA) is 61.4 Å². The van der Waals surface area contributed by atoms with E-state index in [1.807, 2.05) is 18.2 Å². The van der Waals surface area contributed by atoms with E-state index in [9.17, 15) is 9.59 Å². The number of rotatable bonds is 4. The molecule has 0 unspecified atom stereocenters. The molecule has 7 heteroatoms. The van der Waals surface area contributed by atoms with Crippen LogP contribution < -0.4 is 15.5 Å². The first-order chi connectivity index (χ1) is 12.4. The lowest BCUT2D eigenvalue weighted by atomic mass is 10.2. The molecule has 0 aliphatic heterocycles. The Labute approximate surface area is 162 Å². The second kappa shape index (κ2) is 9.12. The molecule has 2 aromatic rings. The van der Waals surface area contributed by atoms with E-state index in [0.717, 1.165) is 11.3 Å². The number of amides is 2. The number of anilines is 2. The lowest BCUT2D eigenvalue weighted by Gasteiger charge is -2.15. The van der Waals surface area contributed by atoms with Gasteiger partial charge in [-0.25, -0.2) is 0 Å². The Morgan fingerprint density at radius 3 is 2.38 bits per heavy atom. The fraction of sp³-hybridized carbons (Fsp3) is 0.105. The summed E-state index contributed by atoms with van der Waals surface area (Å²) in [5.74, 6) is -0.422. The smallest absolute Gasteiger partial charge is 0.250 e. The molecule has 0 aliphatic carbocycles. The molecule has 0 spiro atoms. The molecule has 0 saturated heterocycles. The van der Waals surface area contributed by atoms with Crippen LogP contribution in [0.15, 0.2) is 54.6 Å². The number of hydrogen-bond donors (Lipinski definition) is 2. The standard InChI is InChI=1S/C19H18ClN3O2S/c1-13(24)23(2)16-10-8-15(9-11-16)21-19(26)22-18(25)12-7-14-5-3-4-6-17(14)20/h3-12H,1-2H3,(H2,21,22,25,26)/b12-7+. The fourth-order valence-corrected chi connectivity index (χ4v) is 2.46. The van der Waals surface area contributed by atoms with E-state index in [2.05, 4.69) is 10.6 Å². The number of carbonyl (C=O) groups is 2. The highest BCUT2D eigenvalue weighted by Gasteiger charge is 2.06. The number of benzene rings is 2. The van der Waals surface area contributed by atoms with E-state index in [1.54, 1.807) is 43.5 Å². The third-order valence-electron chi connectivity index (χ3n) is 3.54. The van der Waals surface area contributed by atoms with E-state index in [1.165, 1.54) is 17.9 Å². The molecule has 0 saturated carbocycles. The van der Waals surface area contributed by atoms with Gasteiger partial charge in [0, 0.05) is 36.4 Å². The van der Waals surface area contributed by atoms with Crippen molar-refractivity contribution in [3.63, 3.8) is 0 Å². The van der Waals surface area contributed by atoms with Crippen molar-refractivity contribution >= 4 is 58.2 Å². The van der Waals surface area contributed by atoms with Crippen molar-refractivity contribution in [2.75, 3.05) is 17.3 Å². The van der Waals surface area contributed by atoms with Crippen LogP contribution in [0.3, 0.4) is 0 Å². The monoisotopic (exact) mass is 387 g/mol. The Morgan fingerprint density at radius 2 is 1.77 bits per heavy atom. The van der Waals surface area contributed by atoms with Crippen LogP contribution in [0.4, 0.5) is 11.4 Å². The minimum absolute atomic E-state index is 0.0567. The predicted molar refractivity (Wildman–Crippen MR) is 110 cm³/mol. The van der Waals surface area contributed by atoms with Crippen molar-refractivity contribution in [3.8, 4) is 0 Å². The first kappa shape index (κ1) is 19.6. The van der Waals surface area contributed by atoms with Crippen LogP contribution in [-0.4, -0.2) is 24.0 Å². The van der Waals surface area contributed by atoms with Gasteiger partial charge in [-0.2, -0.15) is 0 Å². The minimum atomic E-state index is -0.365. The molecule has 0 aliphatic rings. The molecule has 2 amide bonds. The van der Waals surface area contributed by atoms with Crippen LogP contribution in [0.2, 0.25) is 5.02 Å². The highest BCUT2D eigenvalue weighted by atomic mass is 35.5. The first-order valence-corrected chi connectivity index (χ1v) is 8.54. The molecule has 0 aromatic heterocycles. The summed E-state index contributed by atoms with van der Waals surface area (Å²) in [7, 11) is 1.70. The molecule has 2 rings (SSSR count). The van der Waals surface area contributed by atoms with Crippen molar-refractivity contribution in [2.45, 2.75) is 6.92 Å². The van der Waals surface area contributed by atoms with Gasteiger partial charge in [-0.05, 0) is 54.2 Å². The van der Waals surface area contributed by atoms with Crippen LogP contribution in [0.25, 0.3) is 6.08 Å². The quantitative estimate of drug-likeness (QED) is 0.618. The molecule has 26 heavy (non-hydrogen) atoms. The Balaban J connectivity index is 1.91. The van der Waals surface area contributed by atoms with Gasteiger partial charge >= 0.3 is 0 Å². The Kier molecular flexibility index (Phi) is 6.89. The van der Waals surface area contributed by atoms with E-state index in [-0.39, 0.29) is 16.9 Å². The SMILES string of the molecule is CC(=O)N(C)c1ccc(NC(=S)NC(=O)/C=C/c2ccccc2Cl)cc1. The normalized spacial score (nSPS) is 10.4. The zero-order valence-corrected chi connectivity index (χ0v) is 15.9. The molecular weight excluding hydrogens is 370 g/mol. The summed E-state index contributed by atoms with van der Waals surface area (Å²) in [5, 5.41) is 6.21. The number of halogens is 1. The fourth-order valence-electron chi connectivity index (χ4n) is 2.04. The number of nitrogens with zero attached hydrogens (tertiary/aromatic N) is 1. The third-order valence-corrected chi connectivity index (χ3v) is 4.09. The van der Waals surface area contributed by atoms with E-state index in [4.69, 9.17) is 23.8 Å². The lowest BCUT2D eigenvalue weighted by Crippen LogP contribution is -2.32.